The van der Waals surface area contributed by atoms with Crippen LogP contribution in [0.15, 0.2) is 82.7 Å². The van der Waals surface area contributed by atoms with Gasteiger partial charge in [0.05, 0.1) is 18.5 Å². The van der Waals surface area contributed by atoms with Gasteiger partial charge >= 0.3 is 0 Å². The van der Waals surface area contributed by atoms with Crippen LogP contribution in [0.3, 0.4) is 0 Å². The Bertz CT molecular complexity index is 923. The van der Waals surface area contributed by atoms with Gasteiger partial charge in [0.2, 0.25) is 4.80 Å². The Morgan fingerprint density at radius 1 is 1.08 bits per heavy atom. The topological polar surface area (TPSA) is 29.6 Å². The molecule has 1 heterocycles. The fourth-order valence-corrected chi connectivity index (χ4v) is 3.02. The maximum Gasteiger partial charge on any atom is 0.206 e. The van der Waals surface area contributed by atoms with Crippen LogP contribution in [-0.2, 0) is 0 Å². The van der Waals surface area contributed by atoms with Crippen LogP contribution in [0.25, 0.3) is 11.3 Å². The summed E-state index contributed by atoms with van der Waals surface area (Å²) in [4.78, 5) is 5.13. The third-order valence-corrected chi connectivity index (χ3v) is 4.17. The molecule has 3 rings (SSSR count). The van der Waals surface area contributed by atoms with E-state index >= 15 is 0 Å². The van der Waals surface area contributed by atoms with Gasteiger partial charge in [-0.05, 0) is 17.7 Å². The summed E-state index contributed by atoms with van der Waals surface area (Å²) in [7, 11) is 0. The van der Waals surface area contributed by atoms with Crippen molar-refractivity contribution in [3.8, 4) is 11.3 Å². The predicted molar refractivity (Wildman–Crippen MR) is 97.8 cm³/mol. The second-order valence-corrected chi connectivity index (χ2v) is 5.82. The van der Waals surface area contributed by atoms with E-state index in [2.05, 4.69) is 16.7 Å². The van der Waals surface area contributed by atoms with Crippen LogP contribution >= 0.6 is 11.3 Å². The minimum absolute atomic E-state index is 0.283. The van der Waals surface area contributed by atoms with Gasteiger partial charge in [0.25, 0.3) is 0 Å². The van der Waals surface area contributed by atoms with E-state index in [1.807, 2.05) is 41.8 Å². The van der Waals surface area contributed by atoms with Crippen molar-refractivity contribution in [1.29, 1.82) is 0 Å². The molecule has 0 atom stereocenters. The molecule has 3 aromatic rings. The zero-order chi connectivity index (χ0) is 16.8. The molecular formula is C19H16FN3S. The molecule has 0 saturated carbocycles. The molecule has 5 heteroatoms. The number of benzene rings is 2. The van der Waals surface area contributed by atoms with Crippen molar-refractivity contribution < 1.29 is 4.39 Å². The van der Waals surface area contributed by atoms with Crippen molar-refractivity contribution in [2.24, 2.45) is 10.1 Å². The van der Waals surface area contributed by atoms with Gasteiger partial charge in [-0.1, -0.05) is 48.5 Å². The Hall–Kier alpha value is -2.79. The molecule has 0 aliphatic rings. The summed E-state index contributed by atoms with van der Waals surface area (Å²) in [6.07, 6.45) is 3.46. The van der Waals surface area contributed by atoms with Gasteiger partial charge in [0, 0.05) is 10.9 Å². The van der Waals surface area contributed by atoms with Crippen molar-refractivity contribution in [3.63, 3.8) is 0 Å². The van der Waals surface area contributed by atoms with Crippen LogP contribution in [0, 0.1) is 5.82 Å². The standard InChI is InChI=1S/C19H16FN3S/c1-2-12-21-19-23(22-13-15-8-4-3-5-9-15)18(14-24-19)16-10-6-7-11-17(16)20/h2-11,13-14H,1,12H2. The lowest BCUT2D eigenvalue weighted by molar-refractivity contribution is 0.629. The monoisotopic (exact) mass is 337 g/mol. The van der Waals surface area contributed by atoms with Crippen molar-refractivity contribution >= 4 is 17.6 Å². The minimum atomic E-state index is -0.283. The van der Waals surface area contributed by atoms with E-state index in [1.165, 1.54) is 17.4 Å². The smallest absolute Gasteiger partial charge is 0.206 e. The molecule has 3 nitrogen and oxygen atoms in total. The molecule has 0 N–H and O–H groups in total. The lowest BCUT2D eigenvalue weighted by Crippen LogP contribution is -2.12. The maximum atomic E-state index is 14.2. The van der Waals surface area contributed by atoms with E-state index in [9.17, 15) is 4.39 Å². The van der Waals surface area contributed by atoms with Gasteiger partial charge in [-0.2, -0.15) is 5.10 Å². The second-order valence-electron chi connectivity index (χ2n) is 4.98. The number of rotatable bonds is 5. The largest absolute Gasteiger partial charge is 0.253 e. The summed E-state index contributed by atoms with van der Waals surface area (Å²) < 4.78 is 15.8. The van der Waals surface area contributed by atoms with E-state index in [4.69, 9.17) is 0 Å². The molecule has 120 valence electrons. The molecule has 0 bridgehead atoms. The van der Waals surface area contributed by atoms with Crippen LogP contribution in [0.1, 0.15) is 5.56 Å². The van der Waals surface area contributed by atoms with E-state index in [0.717, 1.165) is 5.56 Å². The van der Waals surface area contributed by atoms with Crippen molar-refractivity contribution in [2.45, 2.75) is 0 Å². The third kappa shape index (κ3) is 3.58. The van der Waals surface area contributed by atoms with Crippen LogP contribution in [0.5, 0.6) is 0 Å². The van der Waals surface area contributed by atoms with E-state index in [1.54, 1.807) is 29.1 Å². The SMILES string of the molecule is C=CCN=c1scc(-c2ccccc2F)n1N=Cc1ccccc1. The Morgan fingerprint density at radius 3 is 2.58 bits per heavy atom. The highest BCUT2D eigenvalue weighted by Crippen LogP contribution is 2.23. The Morgan fingerprint density at radius 2 is 1.83 bits per heavy atom. The number of hydrogen-bond donors (Lipinski definition) is 0. The van der Waals surface area contributed by atoms with Crippen LogP contribution < -0.4 is 4.80 Å². The average molecular weight is 337 g/mol. The Kier molecular flexibility index (Phi) is 5.13. The molecule has 0 fully saturated rings. The van der Waals surface area contributed by atoms with Gasteiger partial charge in [-0.25, -0.2) is 9.07 Å². The number of aromatic nitrogens is 1. The van der Waals surface area contributed by atoms with Gasteiger partial charge in [0.1, 0.15) is 5.82 Å². The third-order valence-electron chi connectivity index (χ3n) is 3.31. The lowest BCUT2D eigenvalue weighted by Gasteiger charge is -2.04. The first-order chi connectivity index (χ1) is 11.8. The molecule has 0 saturated heterocycles. The summed E-state index contributed by atoms with van der Waals surface area (Å²) in [5, 5.41) is 6.38. The summed E-state index contributed by atoms with van der Waals surface area (Å²) >= 11 is 1.42. The highest BCUT2D eigenvalue weighted by atomic mass is 32.1. The van der Waals surface area contributed by atoms with Gasteiger partial charge in [-0.3, -0.25) is 4.99 Å². The normalized spacial score (nSPS) is 12.0. The molecule has 0 aliphatic carbocycles. The quantitative estimate of drug-likeness (QED) is 0.490. The predicted octanol–water partition coefficient (Wildman–Crippen LogP) is 4.32. The molecule has 0 unspecified atom stereocenters. The molecule has 2 aromatic carbocycles. The fourth-order valence-electron chi connectivity index (χ4n) is 2.18. The van der Waals surface area contributed by atoms with Crippen LogP contribution in [-0.4, -0.2) is 17.4 Å². The first-order valence-corrected chi connectivity index (χ1v) is 8.34. The van der Waals surface area contributed by atoms with Gasteiger partial charge in [0.15, 0.2) is 0 Å². The minimum Gasteiger partial charge on any atom is -0.253 e. The van der Waals surface area contributed by atoms with Crippen molar-refractivity contribution in [1.82, 2.24) is 4.68 Å². The van der Waals surface area contributed by atoms with E-state index in [-0.39, 0.29) is 5.82 Å². The number of thiazole rings is 1. The van der Waals surface area contributed by atoms with Crippen molar-refractivity contribution in [3.05, 3.63) is 88.8 Å². The fraction of sp³-hybridized carbons (Fsp3) is 0.0526. The highest BCUT2D eigenvalue weighted by Gasteiger charge is 2.11. The van der Waals surface area contributed by atoms with Crippen LogP contribution in [0.4, 0.5) is 4.39 Å². The summed E-state index contributed by atoms with van der Waals surface area (Å²) in [5.41, 5.74) is 2.14. The summed E-state index contributed by atoms with van der Waals surface area (Å²) in [5.74, 6) is -0.283. The van der Waals surface area contributed by atoms with Crippen molar-refractivity contribution in [2.75, 3.05) is 6.54 Å². The van der Waals surface area contributed by atoms with E-state index in [0.29, 0.717) is 22.6 Å². The molecule has 24 heavy (non-hydrogen) atoms. The van der Waals surface area contributed by atoms with Gasteiger partial charge in [-0.15, -0.1) is 17.9 Å². The number of hydrogen-bond acceptors (Lipinski definition) is 3. The highest BCUT2D eigenvalue weighted by molar-refractivity contribution is 7.07. The molecular weight excluding hydrogens is 321 g/mol. The Labute approximate surface area is 143 Å². The molecule has 1 aromatic heterocycles. The lowest BCUT2D eigenvalue weighted by atomic mass is 10.1. The average Bonchev–Trinajstić information content (AvgIpc) is 3.02. The van der Waals surface area contributed by atoms with Crippen LogP contribution in [0.2, 0.25) is 0 Å². The molecule has 0 amide bonds. The van der Waals surface area contributed by atoms with Gasteiger partial charge < -0.3 is 0 Å². The molecule has 0 aliphatic heterocycles. The number of halogens is 1. The summed E-state index contributed by atoms with van der Waals surface area (Å²) in [6, 6.07) is 16.4. The second kappa shape index (κ2) is 7.66. The molecule has 0 radical (unpaired) electrons. The molecule has 0 spiro atoms. The van der Waals surface area contributed by atoms with E-state index < -0.39 is 0 Å². The zero-order valence-corrected chi connectivity index (χ0v) is 13.8. The first kappa shape index (κ1) is 16.1. The maximum absolute atomic E-state index is 14.2. The first-order valence-electron chi connectivity index (χ1n) is 7.46. The number of nitrogens with zero attached hydrogens (tertiary/aromatic N) is 3. The summed E-state index contributed by atoms with van der Waals surface area (Å²) in [6.45, 7) is 4.17. The Balaban J connectivity index is 2.11. The zero-order valence-electron chi connectivity index (χ0n) is 13.0.